The molecule has 4 nitrogen and oxygen atoms in total. The minimum atomic E-state index is -1.31. The fourth-order valence-electron chi connectivity index (χ4n) is 3.88. The molecule has 0 aromatic rings. The van der Waals surface area contributed by atoms with Gasteiger partial charge in [-0.1, -0.05) is 78.3 Å². The lowest BCUT2D eigenvalue weighted by Gasteiger charge is -2.34. The minimum absolute atomic E-state index is 0.0209. The zero-order chi connectivity index (χ0) is 19.4. The maximum Gasteiger partial charge on any atom is 0.309 e. The third-order valence-electron chi connectivity index (χ3n) is 5.78. The van der Waals surface area contributed by atoms with Gasteiger partial charge in [0.1, 0.15) is 8.24 Å². The van der Waals surface area contributed by atoms with Crippen LogP contribution in [0, 0.1) is 5.92 Å². The Balaban J connectivity index is 2.21. The van der Waals surface area contributed by atoms with Crippen LogP contribution >= 0.6 is 0 Å². The normalized spacial score (nSPS) is 17.6. The lowest BCUT2D eigenvalue weighted by atomic mass is 10.1. The highest BCUT2D eigenvalue weighted by Crippen LogP contribution is 2.23. The van der Waals surface area contributed by atoms with Crippen molar-refractivity contribution in [2.75, 3.05) is 32.9 Å². The third-order valence-corrected chi connectivity index (χ3v) is 9.43. The highest BCUT2D eigenvalue weighted by atomic mass is 28.3. The van der Waals surface area contributed by atoms with Crippen LogP contribution in [-0.4, -0.2) is 56.6 Å². The van der Waals surface area contributed by atoms with E-state index in [1.54, 1.807) is 0 Å². The van der Waals surface area contributed by atoms with Crippen molar-refractivity contribution < 1.29 is 9.53 Å². The summed E-state index contributed by atoms with van der Waals surface area (Å²) in [6, 6.07) is 1.41. The van der Waals surface area contributed by atoms with Gasteiger partial charge in [0.05, 0.1) is 12.5 Å². The average Bonchev–Trinajstić information content (AvgIpc) is 3.07. The first-order chi connectivity index (χ1) is 12.4. The maximum atomic E-state index is 11.8. The van der Waals surface area contributed by atoms with Crippen molar-refractivity contribution in [1.29, 1.82) is 0 Å². The average molecular weight is 385 g/mol. The molecule has 0 amide bonds. The van der Waals surface area contributed by atoms with Gasteiger partial charge in [-0.2, -0.15) is 0 Å². The second kappa shape index (κ2) is 12.9. The van der Waals surface area contributed by atoms with Crippen LogP contribution in [0.25, 0.3) is 0 Å². The molecule has 0 bridgehead atoms. The molecule has 1 rings (SSSR count). The Labute approximate surface area is 163 Å². The lowest BCUT2D eigenvalue weighted by Crippen LogP contribution is -2.48. The van der Waals surface area contributed by atoms with Crippen molar-refractivity contribution in [3.8, 4) is 0 Å². The molecule has 1 fully saturated rings. The predicted molar refractivity (Wildman–Crippen MR) is 114 cm³/mol. The summed E-state index contributed by atoms with van der Waals surface area (Å²) in [5.74, 6) is -0.0752. The SMILES string of the molecule is CCCCCCCCCC[Si](C)(C)N1CCN(CC(C)C(=O)OCC)C1. The number of unbranched alkanes of at least 4 members (excludes halogenated alkanes) is 7. The zero-order valence-corrected chi connectivity index (χ0v) is 19.2. The van der Waals surface area contributed by atoms with Gasteiger partial charge in [0, 0.05) is 26.3 Å². The van der Waals surface area contributed by atoms with Crippen LogP contribution in [0.4, 0.5) is 0 Å². The molecule has 26 heavy (non-hydrogen) atoms. The van der Waals surface area contributed by atoms with E-state index < -0.39 is 8.24 Å². The van der Waals surface area contributed by atoms with Gasteiger partial charge in [-0.05, 0) is 13.0 Å². The largest absolute Gasteiger partial charge is 0.466 e. The summed E-state index contributed by atoms with van der Waals surface area (Å²) in [5.41, 5.74) is 0. The van der Waals surface area contributed by atoms with Gasteiger partial charge in [0.25, 0.3) is 0 Å². The van der Waals surface area contributed by atoms with Crippen molar-refractivity contribution in [3.63, 3.8) is 0 Å². The molecular weight excluding hydrogens is 340 g/mol. The van der Waals surface area contributed by atoms with E-state index in [2.05, 4.69) is 29.5 Å². The summed E-state index contributed by atoms with van der Waals surface area (Å²) in [7, 11) is -1.31. The highest BCUT2D eigenvalue weighted by molar-refractivity contribution is 6.74. The molecule has 154 valence electrons. The summed E-state index contributed by atoms with van der Waals surface area (Å²) in [6.45, 7) is 15.8. The number of hydrogen-bond acceptors (Lipinski definition) is 4. The Morgan fingerprint density at radius 3 is 2.23 bits per heavy atom. The van der Waals surface area contributed by atoms with Crippen molar-refractivity contribution in [1.82, 2.24) is 9.47 Å². The van der Waals surface area contributed by atoms with E-state index >= 15 is 0 Å². The first kappa shape index (κ1) is 23.6. The number of carbonyl (C=O) groups is 1. The van der Waals surface area contributed by atoms with Crippen LogP contribution in [0.1, 0.15) is 72.1 Å². The maximum absolute atomic E-state index is 11.8. The number of nitrogens with zero attached hydrogens (tertiary/aromatic N) is 2. The van der Waals surface area contributed by atoms with Gasteiger partial charge in [-0.3, -0.25) is 9.69 Å². The Morgan fingerprint density at radius 2 is 1.62 bits per heavy atom. The number of carbonyl (C=O) groups excluding carboxylic acids is 1. The quantitative estimate of drug-likeness (QED) is 0.237. The third kappa shape index (κ3) is 9.00. The first-order valence-corrected chi connectivity index (χ1v) is 14.2. The molecule has 0 aromatic carbocycles. The molecule has 1 unspecified atom stereocenters. The summed E-state index contributed by atoms with van der Waals surface area (Å²) < 4.78 is 7.87. The molecular formula is C21H44N2O2Si. The smallest absolute Gasteiger partial charge is 0.309 e. The molecule has 1 heterocycles. The molecule has 0 spiro atoms. The van der Waals surface area contributed by atoms with Gasteiger partial charge in [0.15, 0.2) is 0 Å². The van der Waals surface area contributed by atoms with Crippen LogP contribution in [0.15, 0.2) is 0 Å². The molecule has 1 aliphatic heterocycles. The second-order valence-electron chi connectivity index (χ2n) is 8.67. The number of ether oxygens (including phenoxy) is 1. The molecule has 0 radical (unpaired) electrons. The van der Waals surface area contributed by atoms with E-state index in [9.17, 15) is 4.79 Å². The van der Waals surface area contributed by atoms with Gasteiger partial charge >= 0.3 is 5.97 Å². The van der Waals surface area contributed by atoms with Crippen LogP contribution in [-0.2, 0) is 9.53 Å². The highest BCUT2D eigenvalue weighted by Gasteiger charge is 2.34. The van der Waals surface area contributed by atoms with Crippen LogP contribution in [0.2, 0.25) is 19.1 Å². The molecule has 0 saturated carbocycles. The first-order valence-electron chi connectivity index (χ1n) is 11.0. The summed E-state index contributed by atoms with van der Waals surface area (Å²) in [4.78, 5) is 14.3. The Kier molecular flexibility index (Phi) is 11.7. The Hall–Kier alpha value is -0.393. The Bertz CT molecular complexity index is 390. The van der Waals surface area contributed by atoms with Crippen molar-refractivity contribution in [2.45, 2.75) is 91.3 Å². The van der Waals surface area contributed by atoms with Crippen molar-refractivity contribution >= 4 is 14.2 Å². The van der Waals surface area contributed by atoms with Crippen molar-refractivity contribution in [2.24, 2.45) is 5.92 Å². The molecule has 0 aliphatic carbocycles. The fraction of sp³-hybridized carbons (Fsp3) is 0.952. The van der Waals surface area contributed by atoms with Gasteiger partial charge < -0.3 is 9.30 Å². The minimum Gasteiger partial charge on any atom is -0.466 e. The second-order valence-corrected chi connectivity index (χ2v) is 13.4. The molecule has 5 heteroatoms. The monoisotopic (exact) mass is 384 g/mol. The number of hydrogen-bond donors (Lipinski definition) is 0. The lowest BCUT2D eigenvalue weighted by molar-refractivity contribution is -0.147. The molecule has 0 aromatic heterocycles. The van der Waals surface area contributed by atoms with Gasteiger partial charge in [-0.25, -0.2) is 0 Å². The zero-order valence-electron chi connectivity index (χ0n) is 18.2. The predicted octanol–water partition coefficient (Wildman–Crippen LogP) is 5.11. The standard InChI is InChI=1S/C21H44N2O2Si/c1-6-8-9-10-11-12-13-14-17-26(4,5)23-16-15-22(19-23)18-20(3)21(24)25-7-2/h20H,6-19H2,1-5H3. The van der Waals surface area contributed by atoms with Crippen LogP contribution in [0.5, 0.6) is 0 Å². The van der Waals surface area contributed by atoms with Crippen molar-refractivity contribution in [3.05, 3.63) is 0 Å². The Morgan fingerprint density at radius 1 is 1.00 bits per heavy atom. The van der Waals surface area contributed by atoms with E-state index in [1.165, 1.54) is 64.0 Å². The summed E-state index contributed by atoms with van der Waals surface area (Å²) >= 11 is 0. The van der Waals surface area contributed by atoms with Crippen LogP contribution in [0.3, 0.4) is 0 Å². The topological polar surface area (TPSA) is 32.8 Å². The van der Waals surface area contributed by atoms with Gasteiger partial charge in [-0.15, -0.1) is 0 Å². The molecule has 1 aliphatic rings. The fourth-order valence-corrected chi connectivity index (χ4v) is 6.60. The van der Waals surface area contributed by atoms with E-state index in [0.29, 0.717) is 6.61 Å². The van der Waals surface area contributed by atoms with Crippen LogP contribution < -0.4 is 0 Å². The number of rotatable bonds is 14. The summed E-state index contributed by atoms with van der Waals surface area (Å²) in [6.07, 6.45) is 11.2. The molecule has 1 atom stereocenters. The number of esters is 1. The molecule has 1 saturated heterocycles. The van der Waals surface area contributed by atoms with E-state index in [0.717, 1.165) is 19.8 Å². The van der Waals surface area contributed by atoms with E-state index in [-0.39, 0.29) is 11.9 Å². The molecule has 0 N–H and O–H groups in total. The van der Waals surface area contributed by atoms with E-state index in [1.807, 2.05) is 13.8 Å². The van der Waals surface area contributed by atoms with E-state index in [4.69, 9.17) is 4.74 Å². The van der Waals surface area contributed by atoms with Gasteiger partial charge in [0.2, 0.25) is 0 Å². The summed E-state index contributed by atoms with van der Waals surface area (Å²) in [5, 5.41) is 0.